The number of rotatable bonds is 0. The van der Waals surface area contributed by atoms with Crippen LogP contribution < -0.4 is 0 Å². The Kier molecular flexibility index (Phi) is 96.0. The molecule has 6 heteroatoms. The molecule has 12 heavy (non-hydrogen) atoms. The third kappa shape index (κ3) is 1860. The van der Waals surface area contributed by atoms with Gasteiger partial charge in [0.25, 0.3) is 0 Å². The van der Waals surface area contributed by atoms with E-state index in [1.165, 1.54) is 27.7 Å². The summed E-state index contributed by atoms with van der Waals surface area (Å²) in [6.07, 6.45) is 0. The van der Waals surface area contributed by atoms with Crippen molar-refractivity contribution < 1.29 is 72.9 Å². The van der Waals surface area contributed by atoms with Crippen LogP contribution in [0, 0.1) is 46.9 Å². The molecule has 0 radical (unpaired) electrons. The van der Waals surface area contributed by atoms with E-state index in [0.717, 1.165) is 0 Å². The molecule has 0 aromatic carbocycles. The largest absolute Gasteiger partial charge is 0.412 e. The van der Waals surface area contributed by atoms with Gasteiger partial charge in [0.15, 0.2) is 0 Å². The molecule has 0 aromatic heterocycles. The smallest absolute Gasteiger partial charge is 0.126 e. The Labute approximate surface area is 111 Å². The summed E-state index contributed by atoms with van der Waals surface area (Å²) >= 11 is 0. The van der Waals surface area contributed by atoms with Crippen LogP contribution >= 0.6 is 0 Å². The number of hydrogen-bond acceptors (Lipinski definition) is 2. The molecule has 0 aliphatic heterocycles. The van der Waals surface area contributed by atoms with E-state index in [4.69, 9.17) is 0 Å². The molecule has 0 saturated heterocycles. The van der Waals surface area contributed by atoms with Gasteiger partial charge in [0.1, 0.15) is 11.6 Å². The SMILES string of the molecule is CC(C)=O.CC(C)=O.O.O.O.[Yb]. The Morgan fingerprint density at radius 2 is 0.667 bits per heavy atom. The zero-order valence-electron chi connectivity index (χ0n) is 7.58. The molecule has 0 aliphatic carbocycles. The fourth-order valence-corrected chi connectivity index (χ4v) is 0. The maximum absolute atomic E-state index is 9.44. The van der Waals surface area contributed by atoms with Gasteiger partial charge in [0.05, 0.1) is 0 Å². The molecular formula is C6H18O5Yb. The van der Waals surface area contributed by atoms with Crippen molar-refractivity contribution in [2.75, 3.05) is 0 Å². The van der Waals surface area contributed by atoms with Crippen molar-refractivity contribution >= 4 is 11.6 Å². The van der Waals surface area contributed by atoms with Gasteiger partial charge in [-0.3, -0.25) is 0 Å². The van der Waals surface area contributed by atoms with E-state index in [2.05, 4.69) is 0 Å². The van der Waals surface area contributed by atoms with E-state index in [9.17, 15) is 9.59 Å². The van der Waals surface area contributed by atoms with E-state index in [0.29, 0.717) is 0 Å². The predicted octanol–water partition coefficient (Wildman–Crippen LogP) is -1.28. The van der Waals surface area contributed by atoms with E-state index < -0.39 is 0 Å². The molecule has 0 rings (SSSR count). The molecule has 0 atom stereocenters. The first kappa shape index (κ1) is 38.7. The first-order valence-corrected chi connectivity index (χ1v) is 2.41. The molecule has 6 N–H and O–H groups in total. The molecule has 0 amide bonds. The molecule has 0 spiro atoms. The van der Waals surface area contributed by atoms with Crippen molar-refractivity contribution in [3.05, 3.63) is 0 Å². The standard InChI is InChI=1S/2C3H6O.3H2O.Yb/c2*1-3(2)4;;;;/h2*1-2H3;3*1H2;. The van der Waals surface area contributed by atoms with Gasteiger partial charge in [-0.15, -0.1) is 0 Å². The Hall–Kier alpha value is 0.739. The molecule has 5 nitrogen and oxygen atoms in total. The van der Waals surface area contributed by atoms with Crippen LogP contribution in [0.2, 0.25) is 0 Å². The minimum atomic E-state index is 0. The summed E-state index contributed by atoms with van der Waals surface area (Å²) in [4.78, 5) is 18.9. The second-order valence-electron chi connectivity index (χ2n) is 1.82. The Morgan fingerprint density at radius 1 is 0.667 bits per heavy atom. The average Bonchev–Trinajstić information content (AvgIpc) is 1.25. The third-order valence-electron chi connectivity index (χ3n) is 0. The maximum Gasteiger partial charge on any atom is 0.126 e. The zero-order valence-corrected chi connectivity index (χ0v) is 9.30. The minimum absolute atomic E-state index is 0. The predicted molar refractivity (Wildman–Crippen MR) is 43.6 cm³/mol. The van der Waals surface area contributed by atoms with Crippen LogP contribution in [0.15, 0.2) is 0 Å². The van der Waals surface area contributed by atoms with Gasteiger partial charge < -0.3 is 26.0 Å². The Balaban J connectivity index is -0.0000000112. The Bertz CT molecular complexity index is 73.9. The van der Waals surface area contributed by atoms with Crippen LogP contribution in [0.3, 0.4) is 0 Å². The second-order valence-corrected chi connectivity index (χ2v) is 1.82. The average molecular weight is 343 g/mol. The fraction of sp³-hybridized carbons (Fsp3) is 0.667. The minimum Gasteiger partial charge on any atom is -0.412 e. The zero-order chi connectivity index (χ0) is 7.15. The quantitative estimate of drug-likeness (QED) is 0.542. The van der Waals surface area contributed by atoms with Crippen LogP contribution in [0.1, 0.15) is 27.7 Å². The number of ketones is 2. The van der Waals surface area contributed by atoms with Gasteiger partial charge in [-0.05, 0) is 27.7 Å². The van der Waals surface area contributed by atoms with Gasteiger partial charge in [0.2, 0.25) is 0 Å². The molecule has 0 aliphatic rings. The summed E-state index contributed by atoms with van der Waals surface area (Å²) < 4.78 is 0. The van der Waals surface area contributed by atoms with E-state index in [-0.39, 0.29) is 74.9 Å². The van der Waals surface area contributed by atoms with E-state index >= 15 is 0 Å². The molecular weight excluding hydrogens is 325 g/mol. The fourth-order valence-electron chi connectivity index (χ4n) is 0. The molecule has 0 aromatic rings. The van der Waals surface area contributed by atoms with E-state index in [1.54, 1.807) is 0 Å². The van der Waals surface area contributed by atoms with Crippen molar-refractivity contribution in [2.24, 2.45) is 0 Å². The van der Waals surface area contributed by atoms with Crippen molar-refractivity contribution in [3.63, 3.8) is 0 Å². The van der Waals surface area contributed by atoms with Crippen LogP contribution in [0.25, 0.3) is 0 Å². The summed E-state index contributed by atoms with van der Waals surface area (Å²) in [6.45, 7) is 6.11. The first-order chi connectivity index (χ1) is 3.46. The van der Waals surface area contributed by atoms with Crippen LogP contribution in [-0.2, 0) is 9.59 Å². The van der Waals surface area contributed by atoms with Gasteiger partial charge in [0, 0.05) is 46.9 Å². The van der Waals surface area contributed by atoms with Crippen molar-refractivity contribution in [3.8, 4) is 0 Å². The van der Waals surface area contributed by atoms with Gasteiger partial charge in [-0.2, -0.15) is 0 Å². The van der Waals surface area contributed by atoms with Gasteiger partial charge >= 0.3 is 0 Å². The summed E-state index contributed by atoms with van der Waals surface area (Å²) in [5, 5.41) is 0. The third-order valence-corrected chi connectivity index (χ3v) is 0. The summed E-state index contributed by atoms with van der Waals surface area (Å²) in [5.74, 6) is 0.333. The number of carbonyl (C=O) groups excluding carboxylic acids is 2. The van der Waals surface area contributed by atoms with Crippen LogP contribution in [-0.4, -0.2) is 28.0 Å². The second kappa shape index (κ2) is 29.8. The van der Waals surface area contributed by atoms with Crippen LogP contribution in [0.4, 0.5) is 0 Å². The summed E-state index contributed by atoms with van der Waals surface area (Å²) in [6, 6.07) is 0. The van der Waals surface area contributed by atoms with Crippen molar-refractivity contribution in [2.45, 2.75) is 27.7 Å². The first-order valence-electron chi connectivity index (χ1n) is 2.41. The molecule has 0 unspecified atom stereocenters. The van der Waals surface area contributed by atoms with Crippen LogP contribution in [0.5, 0.6) is 0 Å². The molecule has 0 heterocycles. The summed E-state index contributed by atoms with van der Waals surface area (Å²) in [5.41, 5.74) is 0. The Morgan fingerprint density at radius 3 is 0.667 bits per heavy atom. The van der Waals surface area contributed by atoms with Crippen molar-refractivity contribution in [1.29, 1.82) is 0 Å². The maximum atomic E-state index is 9.44. The number of Topliss-reactive ketones (excluding diaryl/α,β-unsaturated/α-hetero) is 2. The number of carbonyl (C=O) groups is 2. The number of hydrogen-bond donors (Lipinski definition) is 0. The van der Waals surface area contributed by atoms with Crippen molar-refractivity contribution in [1.82, 2.24) is 0 Å². The molecule has 86 valence electrons. The molecule has 0 fully saturated rings. The molecule has 0 saturated carbocycles. The topological polar surface area (TPSA) is 129 Å². The summed E-state index contributed by atoms with van der Waals surface area (Å²) in [7, 11) is 0. The monoisotopic (exact) mass is 344 g/mol. The van der Waals surface area contributed by atoms with Gasteiger partial charge in [-0.25, -0.2) is 0 Å². The van der Waals surface area contributed by atoms with Gasteiger partial charge in [-0.1, -0.05) is 0 Å². The normalized spacial score (nSPS) is 4.33. The van der Waals surface area contributed by atoms with E-state index in [1.807, 2.05) is 0 Å². The molecule has 0 bridgehead atoms.